The molecule has 20 heavy (non-hydrogen) atoms. The van der Waals surface area contributed by atoms with Crippen molar-refractivity contribution in [2.45, 2.75) is 32.7 Å². The van der Waals surface area contributed by atoms with E-state index in [-0.39, 0.29) is 5.91 Å². The molecule has 1 aromatic rings. The minimum atomic E-state index is 0.199. The largest absolute Gasteiger partial charge is 0.399 e. The third-order valence-corrected chi connectivity index (χ3v) is 3.26. The number of hydrogen-bond donors (Lipinski definition) is 1. The Hall–Kier alpha value is -1.55. The summed E-state index contributed by atoms with van der Waals surface area (Å²) in [6, 6.07) is 8.02. The first-order valence-corrected chi connectivity index (χ1v) is 7.30. The van der Waals surface area contributed by atoms with Crippen molar-refractivity contribution in [2.24, 2.45) is 0 Å². The fourth-order valence-electron chi connectivity index (χ4n) is 2.21. The Morgan fingerprint density at radius 2 is 2.00 bits per heavy atom. The molecule has 0 saturated carbocycles. The van der Waals surface area contributed by atoms with Gasteiger partial charge >= 0.3 is 0 Å². The molecule has 1 amide bonds. The lowest BCUT2D eigenvalue weighted by molar-refractivity contribution is -0.128. The van der Waals surface area contributed by atoms with Gasteiger partial charge in [0.1, 0.15) is 0 Å². The van der Waals surface area contributed by atoms with Crippen molar-refractivity contribution in [3.05, 3.63) is 29.8 Å². The number of hydrogen-bond acceptors (Lipinski definition) is 3. The van der Waals surface area contributed by atoms with Crippen LogP contribution in [0.2, 0.25) is 0 Å². The minimum absolute atomic E-state index is 0.199. The van der Waals surface area contributed by atoms with Gasteiger partial charge in [0.15, 0.2) is 0 Å². The van der Waals surface area contributed by atoms with Crippen LogP contribution in [0.5, 0.6) is 0 Å². The summed E-state index contributed by atoms with van der Waals surface area (Å²) < 4.78 is 0. The number of rotatable bonds is 8. The van der Waals surface area contributed by atoms with Gasteiger partial charge < -0.3 is 10.6 Å². The Kier molecular flexibility index (Phi) is 7.09. The summed E-state index contributed by atoms with van der Waals surface area (Å²) in [6.07, 6.45) is 2.63. The zero-order valence-corrected chi connectivity index (χ0v) is 12.9. The van der Waals surface area contributed by atoms with Gasteiger partial charge in [-0.15, -0.1) is 0 Å². The van der Waals surface area contributed by atoms with Gasteiger partial charge in [-0.3, -0.25) is 9.69 Å². The molecule has 1 aromatic carbocycles. The Labute approximate surface area is 122 Å². The van der Waals surface area contributed by atoms with Gasteiger partial charge in [-0.2, -0.15) is 0 Å². The molecule has 0 aliphatic rings. The normalized spacial score (nSPS) is 10.8. The Morgan fingerprint density at radius 1 is 1.25 bits per heavy atom. The molecule has 0 spiro atoms. The molecule has 1 rings (SSSR count). The molecule has 0 bridgehead atoms. The number of carbonyl (C=O) groups is 1. The van der Waals surface area contributed by atoms with E-state index < -0.39 is 0 Å². The number of nitrogens with two attached hydrogens (primary N) is 1. The summed E-state index contributed by atoms with van der Waals surface area (Å²) in [4.78, 5) is 15.6. The van der Waals surface area contributed by atoms with E-state index in [1.165, 1.54) is 5.56 Å². The van der Waals surface area contributed by atoms with Gasteiger partial charge in [-0.25, -0.2) is 0 Å². The van der Waals surface area contributed by atoms with E-state index in [0.717, 1.165) is 38.2 Å². The smallest absolute Gasteiger partial charge is 0.222 e. The predicted octanol–water partition coefficient (Wildman–Crippen LogP) is 2.35. The topological polar surface area (TPSA) is 49.6 Å². The third kappa shape index (κ3) is 6.06. The standard InChI is InChI=1S/C16H27N3O/c1-4-10-19(11-6-9-16(20)18(2)3)13-14-7-5-8-15(17)12-14/h5,7-8,12H,4,6,9-11,13,17H2,1-3H3. The van der Waals surface area contributed by atoms with E-state index >= 15 is 0 Å². The molecular formula is C16H27N3O. The second kappa shape index (κ2) is 8.59. The van der Waals surface area contributed by atoms with Crippen LogP contribution < -0.4 is 5.73 Å². The molecular weight excluding hydrogens is 250 g/mol. The highest BCUT2D eigenvalue weighted by Gasteiger charge is 2.08. The average molecular weight is 277 g/mol. The molecule has 0 radical (unpaired) electrons. The van der Waals surface area contributed by atoms with Crippen LogP contribution >= 0.6 is 0 Å². The lowest BCUT2D eigenvalue weighted by atomic mass is 10.1. The van der Waals surface area contributed by atoms with Crippen molar-refractivity contribution in [2.75, 3.05) is 32.9 Å². The first kappa shape index (κ1) is 16.5. The summed E-state index contributed by atoms with van der Waals surface area (Å²) in [5.74, 6) is 0.199. The van der Waals surface area contributed by atoms with Crippen LogP contribution in [0.4, 0.5) is 5.69 Å². The third-order valence-electron chi connectivity index (χ3n) is 3.26. The highest BCUT2D eigenvalue weighted by Crippen LogP contribution is 2.11. The van der Waals surface area contributed by atoms with Crippen LogP contribution in [0.15, 0.2) is 24.3 Å². The molecule has 0 unspecified atom stereocenters. The van der Waals surface area contributed by atoms with Gasteiger partial charge in [0.05, 0.1) is 0 Å². The number of anilines is 1. The first-order chi connectivity index (χ1) is 9.52. The van der Waals surface area contributed by atoms with E-state index in [1.54, 1.807) is 19.0 Å². The summed E-state index contributed by atoms with van der Waals surface area (Å²) in [6.45, 7) is 5.07. The quantitative estimate of drug-likeness (QED) is 0.742. The SMILES string of the molecule is CCCN(CCCC(=O)N(C)C)Cc1cccc(N)c1. The van der Waals surface area contributed by atoms with Crippen molar-refractivity contribution in [3.63, 3.8) is 0 Å². The zero-order chi connectivity index (χ0) is 15.0. The van der Waals surface area contributed by atoms with E-state index in [4.69, 9.17) is 5.73 Å². The number of amides is 1. The van der Waals surface area contributed by atoms with Crippen molar-refractivity contribution >= 4 is 11.6 Å². The van der Waals surface area contributed by atoms with Gasteiger partial charge in [-0.05, 0) is 43.6 Å². The first-order valence-electron chi connectivity index (χ1n) is 7.30. The Bertz CT molecular complexity index is 418. The fraction of sp³-hybridized carbons (Fsp3) is 0.562. The Morgan fingerprint density at radius 3 is 2.60 bits per heavy atom. The van der Waals surface area contributed by atoms with Crippen LogP contribution in [0.1, 0.15) is 31.7 Å². The van der Waals surface area contributed by atoms with Gasteiger partial charge in [0.25, 0.3) is 0 Å². The minimum Gasteiger partial charge on any atom is -0.399 e. The molecule has 0 aliphatic carbocycles. The molecule has 0 saturated heterocycles. The summed E-state index contributed by atoms with van der Waals surface area (Å²) in [5, 5.41) is 0. The second-order valence-corrected chi connectivity index (χ2v) is 5.41. The number of nitrogen functional groups attached to an aromatic ring is 1. The summed E-state index contributed by atoms with van der Waals surface area (Å²) in [5.41, 5.74) is 7.85. The maximum Gasteiger partial charge on any atom is 0.222 e. The van der Waals surface area contributed by atoms with Crippen molar-refractivity contribution < 1.29 is 4.79 Å². The van der Waals surface area contributed by atoms with Gasteiger partial charge in [0.2, 0.25) is 5.91 Å². The highest BCUT2D eigenvalue weighted by atomic mass is 16.2. The van der Waals surface area contributed by atoms with E-state index in [9.17, 15) is 4.79 Å². The average Bonchev–Trinajstić information content (AvgIpc) is 2.38. The maximum atomic E-state index is 11.6. The van der Waals surface area contributed by atoms with Gasteiger partial charge in [-0.1, -0.05) is 19.1 Å². The number of nitrogens with zero attached hydrogens (tertiary/aromatic N) is 2. The van der Waals surface area contributed by atoms with Crippen molar-refractivity contribution in [1.29, 1.82) is 0 Å². The molecule has 0 aromatic heterocycles. The second-order valence-electron chi connectivity index (χ2n) is 5.41. The van der Waals surface area contributed by atoms with Crippen LogP contribution in [0.25, 0.3) is 0 Å². The number of benzene rings is 1. The van der Waals surface area contributed by atoms with Crippen LogP contribution in [-0.2, 0) is 11.3 Å². The van der Waals surface area contributed by atoms with Crippen molar-refractivity contribution in [1.82, 2.24) is 9.80 Å². The molecule has 2 N–H and O–H groups in total. The summed E-state index contributed by atoms with van der Waals surface area (Å²) in [7, 11) is 3.61. The molecule has 0 fully saturated rings. The van der Waals surface area contributed by atoms with Crippen LogP contribution in [0.3, 0.4) is 0 Å². The molecule has 4 nitrogen and oxygen atoms in total. The van der Waals surface area contributed by atoms with Crippen LogP contribution in [0, 0.1) is 0 Å². The van der Waals surface area contributed by atoms with E-state index in [1.807, 2.05) is 18.2 Å². The lowest BCUT2D eigenvalue weighted by Gasteiger charge is -2.22. The molecule has 0 heterocycles. The van der Waals surface area contributed by atoms with Crippen LogP contribution in [-0.4, -0.2) is 42.9 Å². The number of carbonyl (C=O) groups excluding carboxylic acids is 1. The monoisotopic (exact) mass is 277 g/mol. The zero-order valence-electron chi connectivity index (χ0n) is 12.9. The lowest BCUT2D eigenvalue weighted by Crippen LogP contribution is -2.27. The van der Waals surface area contributed by atoms with E-state index in [2.05, 4.69) is 17.9 Å². The molecule has 112 valence electrons. The molecule has 0 aliphatic heterocycles. The fourth-order valence-corrected chi connectivity index (χ4v) is 2.21. The predicted molar refractivity (Wildman–Crippen MR) is 84.4 cm³/mol. The van der Waals surface area contributed by atoms with Crippen molar-refractivity contribution in [3.8, 4) is 0 Å². The highest BCUT2D eigenvalue weighted by molar-refractivity contribution is 5.75. The maximum absolute atomic E-state index is 11.6. The van der Waals surface area contributed by atoms with E-state index in [0.29, 0.717) is 6.42 Å². The Balaban J connectivity index is 2.46. The van der Waals surface area contributed by atoms with Gasteiger partial charge in [0, 0.05) is 32.7 Å². The summed E-state index contributed by atoms with van der Waals surface area (Å²) >= 11 is 0. The molecule has 4 heteroatoms. The molecule has 0 atom stereocenters.